The summed E-state index contributed by atoms with van der Waals surface area (Å²) in [7, 11) is 0. The summed E-state index contributed by atoms with van der Waals surface area (Å²) in [5.41, 5.74) is 1.31. The molecule has 0 atom stereocenters. The van der Waals surface area contributed by atoms with Crippen molar-refractivity contribution in [3.8, 4) is 0 Å². The topological polar surface area (TPSA) is 17.8 Å². The molecule has 1 aromatic rings. The van der Waals surface area contributed by atoms with E-state index in [9.17, 15) is 0 Å². The molecule has 0 aromatic carbocycles. The minimum atomic E-state index is 0. The Balaban J connectivity index is 0.00000676. The van der Waals surface area contributed by atoms with Gasteiger partial charge in [-0.3, -0.25) is 0 Å². The van der Waals surface area contributed by atoms with Crippen molar-refractivity contribution in [2.75, 3.05) is 0 Å². The van der Waals surface area contributed by atoms with Crippen LogP contribution in [-0.4, -0.2) is 9.55 Å². The fraction of sp³-hybridized carbons (Fsp3) is 0.875. The van der Waals surface area contributed by atoms with Gasteiger partial charge in [-0.25, -0.2) is 4.98 Å². The minimum Gasteiger partial charge on any atom is -0.335 e. The molecular weight excluding hydrogens is 352 g/mol. The van der Waals surface area contributed by atoms with Crippen molar-refractivity contribution in [3.63, 3.8) is 0 Å². The first-order valence-electron chi connectivity index (χ1n) is 11.8. The number of rotatable bonds is 18. The Kier molecular flexibility index (Phi) is 18.5. The highest BCUT2D eigenvalue weighted by Crippen LogP contribution is 2.13. The van der Waals surface area contributed by atoms with Crippen molar-refractivity contribution in [1.82, 2.24) is 9.55 Å². The Morgan fingerprint density at radius 2 is 1.11 bits per heavy atom. The Bertz CT molecular complexity index is 428. The van der Waals surface area contributed by atoms with Gasteiger partial charge >= 0.3 is 0 Å². The zero-order valence-corrected chi connectivity index (χ0v) is 19.4. The molecular formula is C24H47ClN2. The van der Waals surface area contributed by atoms with Crippen LogP contribution >= 0.6 is 12.4 Å². The number of unbranched alkanes of at least 4 members (excludes halogenated alkanes) is 14. The number of aryl methyl sites for hydroxylation is 3. The first-order chi connectivity index (χ1) is 12.8. The second-order valence-corrected chi connectivity index (χ2v) is 8.17. The molecule has 160 valence electrons. The number of imidazole rings is 1. The summed E-state index contributed by atoms with van der Waals surface area (Å²) in [6.07, 6.45) is 25.7. The van der Waals surface area contributed by atoms with Crippen LogP contribution in [0.25, 0.3) is 0 Å². The standard InChI is InChI=1S/C24H46N2.ClH/c1-4-6-8-10-12-14-16-18-20-24-22-26(23(3)25-24)21-19-17-15-13-11-9-7-5-2;/h22H,4-21H2,1-3H3;1H. The highest BCUT2D eigenvalue weighted by molar-refractivity contribution is 5.85. The molecule has 1 heterocycles. The van der Waals surface area contributed by atoms with E-state index in [0.29, 0.717) is 0 Å². The van der Waals surface area contributed by atoms with E-state index in [1.807, 2.05) is 0 Å². The van der Waals surface area contributed by atoms with Gasteiger partial charge in [0.2, 0.25) is 0 Å². The molecule has 0 fully saturated rings. The third-order valence-corrected chi connectivity index (χ3v) is 5.56. The van der Waals surface area contributed by atoms with Gasteiger partial charge in [-0.2, -0.15) is 0 Å². The molecule has 0 aliphatic carbocycles. The maximum Gasteiger partial charge on any atom is 0.105 e. The van der Waals surface area contributed by atoms with Crippen LogP contribution in [0.2, 0.25) is 0 Å². The van der Waals surface area contributed by atoms with Crippen molar-refractivity contribution in [3.05, 3.63) is 17.7 Å². The molecule has 1 rings (SSSR count). The summed E-state index contributed by atoms with van der Waals surface area (Å²) in [6, 6.07) is 0. The van der Waals surface area contributed by atoms with E-state index in [1.54, 1.807) is 0 Å². The monoisotopic (exact) mass is 398 g/mol. The molecule has 0 saturated heterocycles. The van der Waals surface area contributed by atoms with E-state index in [0.717, 1.165) is 6.54 Å². The molecule has 0 amide bonds. The van der Waals surface area contributed by atoms with Crippen LogP contribution in [0.15, 0.2) is 6.20 Å². The van der Waals surface area contributed by atoms with Crippen molar-refractivity contribution < 1.29 is 0 Å². The fourth-order valence-electron chi connectivity index (χ4n) is 3.78. The lowest BCUT2D eigenvalue weighted by Gasteiger charge is -2.05. The van der Waals surface area contributed by atoms with Crippen LogP contribution < -0.4 is 0 Å². The van der Waals surface area contributed by atoms with E-state index in [2.05, 4.69) is 31.5 Å². The fourth-order valence-corrected chi connectivity index (χ4v) is 3.78. The lowest BCUT2D eigenvalue weighted by molar-refractivity contribution is 0.539. The molecule has 0 aliphatic heterocycles. The van der Waals surface area contributed by atoms with Crippen LogP contribution in [0, 0.1) is 6.92 Å². The van der Waals surface area contributed by atoms with Crippen LogP contribution in [0.1, 0.15) is 128 Å². The van der Waals surface area contributed by atoms with Gasteiger partial charge < -0.3 is 4.57 Å². The number of nitrogens with zero attached hydrogens (tertiary/aromatic N) is 2. The van der Waals surface area contributed by atoms with Gasteiger partial charge in [0.25, 0.3) is 0 Å². The average Bonchev–Trinajstić information content (AvgIpc) is 2.99. The van der Waals surface area contributed by atoms with Crippen LogP contribution in [0.3, 0.4) is 0 Å². The Morgan fingerprint density at radius 1 is 0.667 bits per heavy atom. The van der Waals surface area contributed by atoms with Crippen molar-refractivity contribution >= 4 is 12.4 Å². The highest BCUT2D eigenvalue weighted by atomic mass is 35.5. The van der Waals surface area contributed by atoms with Gasteiger partial charge in [-0.1, -0.05) is 104 Å². The van der Waals surface area contributed by atoms with E-state index < -0.39 is 0 Å². The molecule has 1 aromatic heterocycles. The Morgan fingerprint density at radius 3 is 1.63 bits per heavy atom. The molecule has 27 heavy (non-hydrogen) atoms. The number of hydrogen-bond donors (Lipinski definition) is 0. The largest absolute Gasteiger partial charge is 0.335 e. The third kappa shape index (κ3) is 14.2. The quantitative estimate of drug-likeness (QED) is 0.227. The van der Waals surface area contributed by atoms with Crippen LogP contribution in [0.4, 0.5) is 0 Å². The van der Waals surface area contributed by atoms with Crippen molar-refractivity contribution in [2.24, 2.45) is 0 Å². The second-order valence-electron chi connectivity index (χ2n) is 8.17. The zero-order valence-electron chi connectivity index (χ0n) is 18.6. The van der Waals surface area contributed by atoms with E-state index in [-0.39, 0.29) is 12.4 Å². The lowest BCUT2D eigenvalue weighted by Crippen LogP contribution is -1.99. The number of aromatic nitrogens is 2. The molecule has 3 heteroatoms. The molecule has 0 spiro atoms. The summed E-state index contributed by atoms with van der Waals surface area (Å²) >= 11 is 0. The highest BCUT2D eigenvalue weighted by Gasteiger charge is 2.04. The summed E-state index contributed by atoms with van der Waals surface area (Å²) in [5, 5.41) is 0. The van der Waals surface area contributed by atoms with E-state index in [1.165, 1.54) is 121 Å². The third-order valence-electron chi connectivity index (χ3n) is 5.56. The summed E-state index contributed by atoms with van der Waals surface area (Å²) in [4.78, 5) is 4.78. The predicted octanol–water partition coefficient (Wildman–Crippen LogP) is 8.44. The SMILES string of the molecule is CCCCCCCCCCc1cn(CCCCCCCCCC)c(C)n1.Cl. The summed E-state index contributed by atoms with van der Waals surface area (Å²) in [6.45, 7) is 7.90. The Labute approximate surface area is 176 Å². The summed E-state index contributed by atoms with van der Waals surface area (Å²) in [5.74, 6) is 1.21. The zero-order chi connectivity index (χ0) is 18.9. The van der Waals surface area contributed by atoms with Gasteiger partial charge in [-0.15, -0.1) is 12.4 Å². The number of halogens is 1. The van der Waals surface area contributed by atoms with Crippen molar-refractivity contribution in [2.45, 2.75) is 136 Å². The van der Waals surface area contributed by atoms with E-state index in [4.69, 9.17) is 4.98 Å². The second kappa shape index (κ2) is 18.8. The molecule has 0 N–H and O–H groups in total. The van der Waals surface area contributed by atoms with Crippen molar-refractivity contribution in [1.29, 1.82) is 0 Å². The molecule has 0 unspecified atom stereocenters. The van der Waals surface area contributed by atoms with Gasteiger partial charge in [-0.05, 0) is 26.2 Å². The molecule has 0 aliphatic rings. The maximum atomic E-state index is 4.78. The summed E-state index contributed by atoms with van der Waals surface area (Å²) < 4.78 is 2.39. The van der Waals surface area contributed by atoms with Gasteiger partial charge in [0.1, 0.15) is 5.82 Å². The average molecular weight is 399 g/mol. The molecule has 0 bridgehead atoms. The molecule has 0 saturated carbocycles. The molecule has 2 nitrogen and oxygen atoms in total. The first kappa shape index (κ1) is 26.5. The molecule has 0 radical (unpaired) electrons. The van der Waals surface area contributed by atoms with Gasteiger partial charge in [0.05, 0.1) is 5.69 Å². The van der Waals surface area contributed by atoms with Crippen LogP contribution in [0.5, 0.6) is 0 Å². The van der Waals surface area contributed by atoms with Crippen LogP contribution in [-0.2, 0) is 13.0 Å². The van der Waals surface area contributed by atoms with E-state index >= 15 is 0 Å². The van der Waals surface area contributed by atoms with Gasteiger partial charge in [0.15, 0.2) is 0 Å². The minimum absolute atomic E-state index is 0. The predicted molar refractivity (Wildman–Crippen MR) is 123 cm³/mol. The lowest BCUT2D eigenvalue weighted by atomic mass is 10.1. The maximum absolute atomic E-state index is 4.78. The van der Waals surface area contributed by atoms with Gasteiger partial charge in [0, 0.05) is 12.7 Å². The Hall–Kier alpha value is -0.500. The number of hydrogen-bond acceptors (Lipinski definition) is 1. The smallest absolute Gasteiger partial charge is 0.105 e. The normalized spacial score (nSPS) is 10.9. The first-order valence-corrected chi connectivity index (χ1v) is 11.8.